The van der Waals surface area contributed by atoms with E-state index in [-0.39, 0.29) is 0 Å². The van der Waals surface area contributed by atoms with Crippen molar-refractivity contribution in [3.05, 3.63) is 17.5 Å². The molecule has 0 spiro atoms. The number of morpholine rings is 1. The van der Waals surface area contributed by atoms with E-state index >= 15 is 0 Å². The summed E-state index contributed by atoms with van der Waals surface area (Å²) in [4.78, 5) is 2.39. The lowest BCUT2D eigenvalue weighted by atomic mass is 10.2. The number of ether oxygens (including phenoxy) is 1. The van der Waals surface area contributed by atoms with E-state index in [1.807, 2.05) is 6.92 Å². The minimum Gasteiger partial charge on any atom is -0.378 e. The lowest BCUT2D eigenvalue weighted by Gasteiger charge is -2.34. The minimum absolute atomic E-state index is 0.325. The zero-order valence-electron chi connectivity index (χ0n) is 10.5. The first-order valence-corrected chi connectivity index (χ1v) is 6.69. The van der Waals surface area contributed by atoms with Gasteiger partial charge >= 0.3 is 0 Å². The summed E-state index contributed by atoms with van der Waals surface area (Å²) in [5.41, 5.74) is 2.35. The van der Waals surface area contributed by atoms with Crippen molar-refractivity contribution in [2.24, 2.45) is 0 Å². The van der Waals surface area contributed by atoms with E-state index in [9.17, 15) is 0 Å². The van der Waals surface area contributed by atoms with Crippen LogP contribution < -0.4 is 0 Å². The Balaban J connectivity index is 2.07. The molecule has 1 atom stereocenters. The first kappa shape index (κ1) is 12.9. The summed E-state index contributed by atoms with van der Waals surface area (Å²) in [6.45, 7) is 8.47. The predicted molar refractivity (Wildman–Crippen MR) is 68.4 cm³/mol. The SMILES string of the molecule is CCn1nc(C)cc1CN1CCOCC1CCl. The van der Waals surface area contributed by atoms with E-state index in [1.54, 1.807) is 0 Å². The van der Waals surface area contributed by atoms with E-state index in [1.165, 1.54) is 5.69 Å². The molecule has 1 unspecified atom stereocenters. The van der Waals surface area contributed by atoms with Crippen LogP contribution in [0.3, 0.4) is 0 Å². The average Bonchev–Trinajstić information content (AvgIpc) is 2.70. The third-order valence-electron chi connectivity index (χ3n) is 3.18. The summed E-state index contributed by atoms with van der Waals surface area (Å²) in [5, 5.41) is 4.47. The molecule has 96 valence electrons. The molecule has 1 aromatic rings. The Kier molecular flexibility index (Phi) is 4.42. The third kappa shape index (κ3) is 3.00. The average molecular weight is 258 g/mol. The highest BCUT2D eigenvalue weighted by molar-refractivity contribution is 6.18. The van der Waals surface area contributed by atoms with Crippen molar-refractivity contribution in [3.63, 3.8) is 0 Å². The summed E-state index contributed by atoms with van der Waals surface area (Å²) < 4.78 is 7.52. The summed E-state index contributed by atoms with van der Waals surface area (Å²) in [6.07, 6.45) is 0. The van der Waals surface area contributed by atoms with Crippen molar-refractivity contribution in [1.82, 2.24) is 14.7 Å². The van der Waals surface area contributed by atoms with Crippen molar-refractivity contribution in [3.8, 4) is 0 Å². The zero-order valence-corrected chi connectivity index (χ0v) is 11.3. The van der Waals surface area contributed by atoms with Gasteiger partial charge in [-0.15, -0.1) is 11.6 Å². The molecular weight excluding hydrogens is 238 g/mol. The second kappa shape index (κ2) is 5.85. The highest BCUT2D eigenvalue weighted by Gasteiger charge is 2.23. The van der Waals surface area contributed by atoms with Crippen molar-refractivity contribution >= 4 is 11.6 Å². The van der Waals surface area contributed by atoms with Crippen LogP contribution >= 0.6 is 11.6 Å². The summed E-state index contributed by atoms with van der Waals surface area (Å²) in [5.74, 6) is 0.624. The maximum absolute atomic E-state index is 5.98. The number of halogens is 1. The Morgan fingerprint density at radius 3 is 3.12 bits per heavy atom. The molecule has 5 heteroatoms. The van der Waals surface area contributed by atoms with Crippen molar-refractivity contribution in [1.29, 1.82) is 0 Å². The number of alkyl halides is 1. The lowest BCUT2D eigenvalue weighted by Crippen LogP contribution is -2.46. The Morgan fingerprint density at radius 2 is 2.41 bits per heavy atom. The standard InChI is InChI=1S/C12H20ClN3O/c1-3-16-11(6-10(2)14-16)8-15-4-5-17-9-12(15)7-13/h6,12H,3-5,7-9H2,1-2H3. The zero-order chi connectivity index (χ0) is 12.3. The van der Waals surface area contributed by atoms with Gasteiger partial charge in [0.25, 0.3) is 0 Å². The van der Waals surface area contributed by atoms with E-state index < -0.39 is 0 Å². The van der Waals surface area contributed by atoms with Crippen LogP contribution in [-0.2, 0) is 17.8 Å². The van der Waals surface area contributed by atoms with Gasteiger partial charge in [-0.3, -0.25) is 9.58 Å². The molecule has 1 saturated heterocycles. The number of aryl methyl sites for hydroxylation is 2. The number of nitrogens with zero attached hydrogens (tertiary/aromatic N) is 3. The molecule has 1 aliphatic heterocycles. The fourth-order valence-electron chi connectivity index (χ4n) is 2.25. The van der Waals surface area contributed by atoms with Crippen molar-refractivity contribution in [2.45, 2.75) is 33.0 Å². The van der Waals surface area contributed by atoms with Crippen molar-refractivity contribution in [2.75, 3.05) is 25.6 Å². The Bertz CT molecular complexity index is 367. The monoisotopic (exact) mass is 257 g/mol. The molecule has 0 saturated carbocycles. The number of aromatic nitrogens is 2. The fraction of sp³-hybridized carbons (Fsp3) is 0.750. The van der Waals surface area contributed by atoms with E-state index in [2.05, 4.69) is 27.7 Å². The van der Waals surface area contributed by atoms with E-state index in [0.717, 1.165) is 38.5 Å². The maximum atomic E-state index is 5.98. The second-order valence-corrected chi connectivity index (χ2v) is 4.75. The summed E-state index contributed by atoms with van der Waals surface area (Å²) in [6, 6.07) is 2.48. The largest absolute Gasteiger partial charge is 0.378 e. The topological polar surface area (TPSA) is 30.3 Å². The normalized spacial score (nSPS) is 21.9. The van der Waals surface area contributed by atoms with Gasteiger partial charge < -0.3 is 4.74 Å². The quantitative estimate of drug-likeness (QED) is 0.769. The molecule has 1 fully saturated rings. The highest BCUT2D eigenvalue weighted by atomic mass is 35.5. The molecule has 17 heavy (non-hydrogen) atoms. The van der Waals surface area contributed by atoms with Gasteiger partial charge in [-0.1, -0.05) is 0 Å². The van der Waals surface area contributed by atoms with E-state index in [4.69, 9.17) is 16.3 Å². The summed E-state index contributed by atoms with van der Waals surface area (Å²) in [7, 11) is 0. The molecule has 0 aliphatic carbocycles. The fourth-order valence-corrected chi connectivity index (χ4v) is 2.53. The van der Waals surface area contributed by atoms with Crippen molar-refractivity contribution < 1.29 is 4.74 Å². The molecule has 2 heterocycles. The van der Waals surface area contributed by atoms with Gasteiger partial charge in [0.2, 0.25) is 0 Å². The molecule has 2 rings (SSSR count). The summed E-state index contributed by atoms with van der Waals surface area (Å²) >= 11 is 5.98. The van der Waals surface area contributed by atoms with Gasteiger partial charge in [0, 0.05) is 31.6 Å². The van der Waals surface area contributed by atoms with Crippen LogP contribution in [0.2, 0.25) is 0 Å². The molecule has 1 aromatic heterocycles. The Morgan fingerprint density at radius 1 is 1.59 bits per heavy atom. The molecule has 0 N–H and O–H groups in total. The lowest BCUT2D eigenvalue weighted by molar-refractivity contribution is -0.00414. The third-order valence-corrected chi connectivity index (χ3v) is 3.53. The Hall–Kier alpha value is -0.580. The van der Waals surface area contributed by atoms with Crippen LogP contribution in [0.1, 0.15) is 18.3 Å². The molecule has 0 bridgehead atoms. The number of hydrogen-bond acceptors (Lipinski definition) is 3. The van der Waals surface area contributed by atoms with Gasteiger partial charge in [0.15, 0.2) is 0 Å². The van der Waals surface area contributed by atoms with Gasteiger partial charge in [-0.05, 0) is 19.9 Å². The van der Waals surface area contributed by atoms with Crippen LogP contribution in [0.25, 0.3) is 0 Å². The van der Waals surface area contributed by atoms with Gasteiger partial charge in [0.05, 0.1) is 24.6 Å². The first-order valence-electron chi connectivity index (χ1n) is 6.15. The molecule has 0 radical (unpaired) electrons. The van der Waals surface area contributed by atoms with Crippen LogP contribution in [0.5, 0.6) is 0 Å². The highest BCUT2D eigenvalue weighted by Crippen LogP contribution is 2.14. The first-order chi connectivity index (χ1) is 8.24. The minimum atomic E-state index is 0.325. The van der Waals surface area contributed by atoms with Gasteiger partial charge in [-0.25, -0.2) is 0 Å². The van der Waals surface area contributed by atoms with Crippen LogP contribution in [0, 0.1) is 6.92 Å². The maximum Gasteiger partial charge on any atom is 0.0634 e. The van der Waals surface area contributed by atoms with Crippen LogP contribution in [0.15, 0.2) is 6.07 Å². The number of rotatable bonds is 4. The van der Waals surface area contributed by atoms with E-state index in [0.29, 0.717) is 11.9 Å². The van der Waals surface area contributed by atoms with Crippen LogP contribution in [0.4, 0.5) is 0 Å². The molecule has 0 aromatic carbocycles. The molecule has 4 nitrogen and oxygen atoms in total. The van der Waals surface area contributed by atoms with Gasteiger partial charge in [-0.2, -0.15) is 5.10 Å². The smallest absolute Gasteiger partial charge is 0.0634 e. The second-order valence-electron chi connectivity index (χ2n) is 4.45. The molecule has 1 aliphatic rings. The predicted octanol–water partition coefficient (Wildman–Crippen LogP) is 1.65. The number of hydrogen-bond donors (Lipinski definition) is 0. The van der Waals surface area contributed by atoms with Gasteiger partial charge in [0.1, 0.15) is 0 Å². The molecule has 0 amide bonds. The Labute approximate surface area is 107 Å². The van der Waals surface area contributed by atoms with Crippen LogP contribution in [-0.4, -0.2) is 46.4 Å². The molecular formula is C12H20ClN3O.